The van der Waals surface area contributed by atoms with Gasteiger partial charge < -0.3 is 9.47 Å². The number of halogens is 1. The van der Waals surface area contributed by atoms with Crippen LogP contribution in [0, 0.1) is 0 Å². The molecule has 0 saturated carbocycles. The molecule has 4 aromatic rings. The van der Waals surface area contributed by atoms with Crippen LogP contribution in [-0.2, 0) is 13.1 Å². The molecule has 5 heterocycles. The first kappa shape index (κ1) is 16.0. The molecule has 0 radical (unpaired) electrons. The van der Waals surface area contributed by atoms with Crippen molar-refractivity contribution < 1.29 is 4.79 Å². The number of hydrogen-bond donors (Lipinski definition) is 0. The van der Waals surface area contributed by atoms with Gasteiger partial charge in [0.2, 0.25) is 0 Å². The van der Waals surface area contributed by atoms with E-state index in [1.54, 1.807) is 29.6 Å². The monoisotopic (exact) mass is 379 g/mol. The quantitative estimate of drug-likeness (QED) is 0.533. The average Bonchev–Trinajstić information content (AvgIpc) is 3.31. The zero-order valence-corrected chi connectivity index (χ0v) is 14.9. The van der Waals surface area contributed by atoms with Crippen molar-refractivity contribution in [3.63, 3.8) is 0 Å². The molecule has 0 aromatic carbocycles. The maximum atomic E-state index is 12.9. The molecule has 27 heavy (non-hydrogen) atoms. The molecule has 9 heteroatoms. The number of carbonyl (C=O) groups is 1. The van der Waals surface area contributed by atoms with Gasteiger partial charge >= 0.3 is 0 Å². The maximum absolute atomic E-state index is 12.9. The Morgan fingerprint density at radius 1 is 1.11 bits per heavy atom. The van der Waals surface area contributed by atoms with Crippen molar-refractivity contribution >= 4 is 23.2 Å². The molecular formula is C18H14ClN7O. The Kier molecular flexibility index (Phi) is 3.64. The first-order valence-electron chi connectivity index (χ1n) is 8.43. The molecule has 1 amide bonds. The largest absolute Gasteiger partial charge is 0.341 e. The van der Waals surface area contributed by atoms with Crippen LogP contribution in [0.2, 0.25) is 5.02 Å². The van der Waals surface area contributed by atoms with Crippen LogP contribution in [0.5, 0.6) is 0 Å². The second kappa shape index (κ2) is 6.17. The summed E-state index contributed by atoms with van der Waals surface area (Å²) in [4.78, 5) is 27.0. The number of carbonyl (C=O) groups excluding carboxylic acids is 1. The number of fused-ring (bicyclic) bond motifs is 2. The number of hydrogen-bond acceptors (Lipinski definition) is 5. The highest BCUT2D eigenvalue weighted by molar-refractivity contribution is 6.30. The first-order chi connectivity index (χ1) is 13.2. The summed E-state index contributed by atoms with van der Waals surface area (Å²) in [5.41, 5.74) is 4.05. The zero-order chi connectivity index (χ0) is 18.4. The van der Waals surface area contributed by atoms with Crippen LogP contribution in [0.4, 0.5) is 0 Å². The molecule has 0 spiro atoms. The van der Waals surface area contributed by atoms with Crippen LogP contribution in [0.1, 0.15) is 16.2 Å². The SMILES string of the molecule is O=C(c1cc2ncc(Cl)cn2n1)N1CCn2c(ccc2-c2cncnc2)C1. The highest BCUT2D eigenvalue weighted by Crippen LogP contribution is 2.25. The molecule has 8 nitrogen and oxygen atoms in total. The normalized spacial score (nSPS) is 13.7. The van der Waals surface area contributed by atoms with E-state index in [1.807, 2.05) is 12.1 Å². The second-order valence-corrected chi connectivity index (χ2v) is 6.76. The first-order valence-corrected chi connectivity index (χ1v) is 8.81. The van der Waals surface area contributed by atoms with Gasteiger partial charge in [-0.1, -0.05) is 11.6 Å². The third-order valence-corrected chi connectivity index (χ3v) is 4.86. The van der Waals surface area contributed by atoms with Crippen LogP contribution in [0.25, 0.3) is 16.9 Å². The lowest BCUT2D eigenvalue weighted by molar-refractivity contribution is 0.0705. The summed E-state index contributed by atoms with van der Waals surface area (Å²) in [5, 5.41) is 4.78. The lowest BCUT2D eigenvalue weighted by Gasteiger charge is -2.29. The van der Waals surface area contributed by atoms with E-state index in [-0.39, 0.29) is 5.91 Å². The van der Waals surface area contributed by atoms with E-state index < -0.39 is 0 Å². The molecule has 0 unspecified atom stereocenters. The third kappa shape index (κ3) is 2.74. The zero-order valence-electron chi connectivity index (χ0n) is 14.2. The van der Waals surface area contributed by atoms with E-state index in [0.717, 1.165) is 17.0 Å². The summed E-state index contributed by atoms with van der Waals surface area (Å²) in [6.45, 7) is 1.83. The Morgan fingerprint density at radius 3 is 2.81 bits per heavy atom. The highest BCUT2D eigenvalue weighted by Gasteiger charge is 2.25. The van der Waals surface area contributed by atoms with E-state index in [9.17, 15) is 4.79 Å². The van der Waals surface area contributed by atoms with Gasteiger partial charge in [-0.3, -0.25) is 4.79 Å². The standard InChI is InChI=1S/C18H14ClN7O/c19-13-8-22-17-5-15(23-26(17)9-13)18(27)24-3-4-25-14(10-24)1-2-16(25)12-6-20-11-21-7-12/h1-2,5-9,11H,3-4,10H2. The molecule has 1 aliphatic rings. The van der Waals surface area contributed by atoms with Gasteiger partial charge in [-0.25, -0.2) is 19.5 Å². The molecule has 4 aromatic heterocycles. The number of amides is 1. The summed E-state index contributed by atoms with van der Waals surface area (Å²) in [6, 6.07) is 5.75. The molecule has 0 saturated heterocycles. The summed E-state index contributed by atoms with van der Waals surface area (Å²) < 4.78 is 3.73. The fourth-order valence-electron chi connectivity index (χ4n) is 3.38. The van der Waals surface area contributed by atoms with Crippen molar-refractivity contribution in [2.24, 2.45) is 0 Å². The Balaban J connectivity index is 1.42. The predicted molar refractivity (Wildman–Crippen MR) is 98.2 cm³/mol. The summed E-state index contributed by atoms with van der Waals surface area (Å²) >= 11 is 5.93. The van der Waals surface area contributed by atoms with Gasteiger partial charge in [0.15, 0.2) is 11.3 Å². The van der Waals surface area contributed by atoms with Gasteiger partial charge in [0.1, 0.15) is 6.33 Å². The van der Waals surface area contributed by atoms with Crippen LogP contribution >= 0.6 is 11.6 Å². The minimum atomic E-state index is -0.117. The molecule has 134 valence electrons. The number of aromatic nitrogens is 6. The van der Waals surface area contributed by atoms with Crippen molar-refractivity contribution in [1.29, 1.82) is 0 Å². The van der Waals surface area contributed by atoms with Gasteiger partial charge in [0, 0.05) is 49.0 Å². The molecule has 0 atom stereocenters. The maximum Gasteiger partial charge on any atom is 0.274 e. The van der Waals surface area contributed by atoms with Crippen LogP contribution in [0.3, 0.4) is 0 Å². The van der Waals surface area contributed by atoms with Gasteiger partial charge in [0.25, 0.3) is 5.91 Å². The molecule has 1 aliphatic heterocycles. The third-order valence-electron chi connectivity index (χ3n) is 4.66. The molecule has 5 rings (SSSR count). The van der Waals surface area contributed by atoms with Crippen molar-refractivity contribution in [3.8, 4) is 11.3 Å². The minimum Gasteiger partial charge on any atom is -0.341 e. The Morgan fingerprint density at radius 2 is 1.96 bits per heavy atom. The summed E-state index contributed by atoms with van der Waals surface area (Å²) in [5.74, 6) is -0.117. The van der Waals surface area contributed by atoms with Gasteiger partial charge in [-0.2, -0.15) is 5.10 Å². The lowest BCUT2D eigenvalue weighted by Crippen LogP contribution is -2.38. The Labute approximate surface area is 159 Å². The molecule has 0 aliphatic carbocycles. The smallest absolute Gasteiger partial charge is 0.274 e. The molecular weight excluding hydrogens is 366 g/mol. The topological polar surface area (TPSA) is 81.2 Å². The molecule has 0 fully saturated rings. The van der Waals surface area contributed by atoms with Crippen molar-refractivity contribution in [1.82, 2.24) is 34.0 Å². The van der Waals surface area contributed by atoms with Crippen LogP contribution in [0.15, 0.2) is 49.3 Å². The summed E-state index contributed by atoms with van der Waals surface area (Å²) in [6.07, 6.45) is 8.27. The van der Waals surface area contributed by atoms with Gasteiger partial charge in [-0.05, 0) is 12.1 Å². The van der Waals surface area contributed by atoms with Crippen molar-refractivity contribution in [2.75, 3.05) is 6.54 Å². The van der Waals surface area contributed by atoms with Crippen LogP contribution in [-0.4, -0.2) is 46.5 Å². The highest BCUT2D eigenvalue weighted by atomic mass is 35.5. The van der Waals surface area contributed by atoms with Crippen LogP contribution < -0.4 is 0 Å². The molecule has 0 bridgehead atoms. The summed E-state index contributed by atoms with van der Waals surface area (Å²) in [7, 11) is 0. The van der Waals surface area contributed by atoms with E-state index in [2.05, 4.69) is 24.6 Å². The van der Waals surface area contributed by atoms with E-state index in [1.165, 1.54) is 17.0 Å². The number of rotatable bonds is 2. The van der Waals surface area contributed by atoms with Crippen molar-refractivity contribution in [2.45, 2.75) is 13.1 Å². The lowest BCUT2D eigenvalue weighted by atomic mass is 10.2. The minimum absolute atomic E-state index is 0.117. The fourth-order valence-corrected chi connectivity index (χ4v) is 3.53. The van der Waals surface area contributed by atoms with Crippen molar-refractivity contribution in [3.05, 3.63) is 65.7 Å². The average molecular weight is 380 g/mol. The Hall–Kier alpha value is -3.26. The Bertz CT molecular complexity index is 1150. The fraction of sp³-hybridized carbons (Fsp3) is 0.167. The van der Waals surface area contributed by atoms with E-state index in [0.29, 0.717) is 36.0 Å². The number of nitrogens with zero attached hydrogens (tertiary/aromatic N) is 7. The van der Waals surface area contributed by atoms with E-state index in [4.69, 9.17) is 11.6 Å². The van der Waals surface area contributed by atoms with Gasteiger partial charge in [-0.15, -0.1) is 0 Å². The van der Waals surface area contributed by atoms with Gasteiger partial charge in [0.05, 0.1) is 23.5 Å². The molecule has 0 N–H and O–H groups in total. The van der Waals surface area contributed by atoms with E-state index >= 15 is 0 Å². The predicted octanol–water partition coefficient (Wildman–Crippen LogP) is 2.30. The second-order valence-electron chi connectivity index (χ2n) is 6.32.